The standard InChI is InChI=1S/C12H26OSi/c1-5-9-10-12(11-13)14(6-2,7-3)8-4/h11-12H,5-10H2,1-4H3/t12-/m0/s1. The number of hydrogen-bond donors (Lipinski definition) is 0. The van der Waals surface area contributed by atoms with Gasteiger partial charge in [-0.3, -0.25) is 0 Å². The second-order valence-corrected chi connectivity index (χ2v) is 9.90. The molecule has 0 aliphatic carbocycles. The van der Waals surface area contributed by atoms with Crippen molar-refractivity contribution >= 4 is 14.4 Å². The summed E-state index contributed by atoms with van der Waals surface area (Å²) in [5, 5.41) is 0. The van der Waals surface area contributed by atoms with Crippen molar-refractivity contribution in [2.75, 3.05) is 0 Å². The highest BCUT2D eigenvalue weighted by Crippen LogP contribution is 2.35. The summed E-state index contributed by atoms with van der Waals surface area (Å²) in [6.07, 6.45) is 4.84. The molecule has 0 bridgehead atoms. The van der Waals surface area contributed by atoms with Crippen LogP contribution in [0.3, 0.4) is 0 Å². The SMILES string of the molecule is CCCC[C@@H](C=O)[Si](CC)(CC)CC. The first-order chi connectivity index (χ1) is 6.70. The summed E-state index contributed by atoms with van der Waals surface area (Å²) in [4.78, 5) is 11.2. The fraction of sp³-hybridized carbons (Fsp3) is 0.917. The Morgan fingerprint density at radius 2 is 1.57 bits per heavy atom. The predicted octanol–water partition coefficient (Wildman–Crippen LogP) is 4.25. The Kier molecular flexibility index (Phi) is 7.16. The first-order valence-corrected chi connectivity index (χ1v) is 8.85. The van der Waals surface area contributed by atoms with Crippen LogP contribution < -0.4 is 0 Å². The Hall–Kier alpha value is -0.113. The highest BCUT2D eigenvalue weighted by atomic mass is 28.3. The summed E-state index contributed by atoms with van der Waals surface area (Å²) in [6.45, 7) is 9.04. The first-order valence-electron chi connectivity index (χ1n) is 6.16. The molecule has 0 spiro atoms. The van der Waals surface area contributed by atoms with E-state index in [9.17, 15) is 4.79 Å². The lowest BCUT2D eigenvalue weighted by atomic mass is 10.2. The average Bonchev–Trinajstić information content (AvgIpc) is 2.25. The number of rotatable bonds is 8. The molecule has 84 valence electrons. The van der Waals surface area contributed by atoms with Gasteiger partial charge in [0.05, 0.1) is 8.07 Å². The van der Waals surface area contributed by atoms with Crippen molar-refractivity contribution in [3.05, 3.63) is 0 Å². The van der Waals surface area contributed by atoms with Gasteiger partial charge in [0.1, 0.15) is 6.29 Å². The second-order valence-electron chi connectivity index (χ2n) is 4.31. The van der Waals surface area contributed by atoms with Crippen molar-refractivity contribution in [2.24, 2.45) is 0 Å². The van der Waals surface area contributed by atoms with Crippen LogP contribution >= 0.6 is 0 Å². The Morgan fingerprint density at radius 3 is 1.86 bits per heavy atom. The lowest BCUT2D eigenvalue weighted by Crippen LogP contribution is -2.38. The van der Waals surface area contributed by atoms with Crippen molar-refractivity contribution in [3.63, 3.8) is 0 Å². The largest absolute Gasteiger partial charge is 0.303 e. The third kappa shape index (κ3) is 3.23. The van der Waals surface area contributed by atoms with Gasteiger partial charge in [0.25, 0.3) is 0 Å². The molecule has 1 atom stereocenters. The quantitative estimate of drug-likeness (QED) is 0.436. The van der Waals surface area contributed by atoms with Gasteiger partial charge in [-0.15, -0.1) is 0 Å². The van der Waals surface area contributed by atoms with E-state index in [1.54, 1.807) is 0 Å². The fourth-order valence-electron chi connectivity index (χ4n) is 2.48. The van der Waals surface area contributed by atoms with E-state index in [1.807, 2.05) is 0 Å². The van der Waals surface area contributed by atoms with Gasteiger partial charge in [0.15, 0.2) is 0 Å². The average molecular weight is 214 g/mol. The lowest BCUT2D eigenvalue weighted by Gasteiger charge is -2.33. The lowest BCUT2D eigenvalue weighted by molar-refractivity contribution is -0.108. The molecule has 0 aliphatic heterocycles. The van der Waals surface area contributed by atoms with Crippen LogP contribution in [0.4, 0.5) is 0 Å². The maximum Gasteiger partial charge on any atom is 0.120 e. The molecule has 0 aromatic rings. The monoisotopic (exact) mass is 214 g/mol. The Bertz CT molecular complexity index is 144. The third-order valence-electron chi connectivity index (χ3n) is 3.93. The molecule has 0 unspecified atom stereocenters. The summed E-state index contributed by atoms with van der Waals surface area (Å²) in [6, 6.07) is 3.81. The number of carbonyl (C=O) groups excluding carboxylic acids is 1. The minimum Gasteiger partial charge on any atom is -0.303 e. The molecule has 0 aliphatic rings. The summed E-state index contributed by atoms with van der Waals surface area (Å²) >= 11 is 0. The highest BCUT2D eigenvalue weighted by molar-refractivity contribution is 6.83. The minimum atomic E-state index is -1.25. The molecule has 0 radical (unpaired) electrons. The number of aldehydes is 1. The van der Waals surface area contributed by atoms with E-state index >= 15 is 0 Å². The molecule has 0 aromatic carbocycles. The van der Waals surface area contributed by atoms with Gasteiger partial charge in [-0.2, -0.15) is 0 Å². The van der Waals surface area contributed by atoms with Gasteiger partial charge >= 0.3 is 0 Å². The van der Waals surface area contributed by atoms with Crippen LogP contribution in [0, 0.1) is 0 Å². The zero-order chi connectivity index (χ0) is 11.0. The molecule has 14 heavy (non-hydrogen) atoms. The van der Waals surface area contributed by atoms with Crippen molar-refractivity contribution < 1.29 is 4.79 Å². The normalized spacial score (nSPS) is 14.0. The topological polar surface area (TPSA) is 17.1 Å². The number of carbonyl (C=O) groups is 1. The highest BCUT2D eigenvalue weighted by Gasteiger charge is 2.35. The van der Waals surface area contributed by atoms with Crippen LogP contribution in [0.5, 0.6) is 0 Å². The maximum atomic E-state index is 11.2. The minimum absolute atomic E-state index is 0.419. The molecular formula is C12H26OSi. The first kappa shape index (κ1) is 13.9. The Labute approximate surface area is 90.3 Å². The van der Waals surface area contributed by atoms with Crippen LogP contribution in [0.1, 0.15) is 47.0 Å². The van der Waals surface area contributed by atoms with Crippen LogP contribution in [-0.2, 0) is 4.79 Å². The van der Waals surface area contributed by atoms with E-state index in [2.05, 4.69) is 27.7 Å². The molecule has 0 saturated heterocycles. The molecule has 2 heteroatoms. The zero-order valence-electron chi connectivity index (χ0n) is 10.3. The molecule has 0 saturated carbocycles. The summed E-state index contributed by atoms with van der Waals surface area (Å²) in [7, 11) is -1.25. The smallest absolute Gasteiger partial charge is 0.120 e. The van der Waals surface area contributed by atoms with Crippen LogP contribution in [0.2, 0.25) is 23.7 Å². The van der Waals surface area contributed by atoms with E-state index in [0.717, 1.165) is 6.42 Å². The van der Waals surface area contributed by atoms with Gasteiger partial charge in [0, 0.05) is 5.54 Å². The van der Waals surface area contributed by atoms with E-state index in [1.165, 1.54) is 37.3 Å². The van der Waals surface area contributed by atoms with Crippen LogP contribution in [0.15, 0.2) is 0 Å². The van der Waals surface area contributed by atoms with Crippen LogP contribution in [0.25, 0.3) is 0 Å². The summed E-state index contributed by atoms with van der Waals surface area (Å²) in [5.41, 5.74) is 0.419. The molecule has 0 fully saturated rings. The number of hydrogen-bond acceptors (Lipinski definition) is 1. The van der Waals surface area contributed by atoms with E-state index in [0.29, 0.717) is 5.54 Å². The Balaban J connectivity index is 4.48. The van der Waals surface area contributed by atoms with Gasteiger partial charge in [-0.25, -0.2) is 0 Å². The van der Waals surface area contributed by atoms with Gasteiger partial charge in [-0.1, -0.05) is 58.7 Å². The zero-order valence-corrected chi connectivity index (χ0v) is 11.3. The molecule has 0 heterocycles. The number of unbranched alkanes of at least 4 members (excludes halogenated alkanes) is 1. The van der Waals surface area contributed by atoms with Gasteiger partial charge in [0.2, 0.25) is 0 Å². The maximum absolute atomic E-state index is 11.2. The van der Waals surface area contributed by atoms with Gasteiger partial charge in [-0.05, 0) is 6.42 Å². The van der Waals surface area contributed by atoms with E-state index in [4.69, 9.17) is 0 Å². The summed E-state index contributed by atoms with van der Waals surface area (Å²) in [5.74, 6) is 0. The summed E-state index contributed by atoms with van der Waals surface area (Å²) < 4.78 is 0. The van der Waals surface area contributed by atoms with Crippen molar-refractivity contribution in [3.8, 4) is 0 Å². The molecule has 0 aromatic heterocycles. The second kappa shape index (κ2) is 7.21. The van der Waals surface area contributed by atoms with Crippen molar-refractivity contribution in [1.29, 1.82) is 0 Å². The van der Waals surface area contributed by atoms with E-state index < -0.39 is 8.07 Å². The predicted molar refractivity (Wildman–Crippen MR) is 66.5 cm³/mol. The third-order valence-corrected chi connectivity index (χ3v) is 10.2. The van der Waals surface area contributed by atoms with Crippen LogP contribution in [-0.4, -0.2) is 14.4 Å². The van der Waals surface area contributed by atoms with Crippen molar-refractivity contribution in [2.45, 2.75) is 70.6 Å². The molecular weight excluding hydrogens is 188 g/mol. The van der Waals surface area contributed by atoms with Gasteiger partial charge < -0.3 is 4.79 Å². The Morgan fingerprint density at radius 1 is 1.07 bits per heavy atom. The van der Waals surface area contributed by atoms with E-state index in [-0.39, 0.29) is 0 Å². The molecule has 0 rings (SSSR count). The van der Waals surface area contributed by atoms with Crippen molar-refractivity contribution in [1.82, 2.24) is 0 Å². The fourth-order valence-corrected chi connectivity index (χ4v) is 6.66. The molecule has 0 amide bonds. The molecule has 0 N–H and O–H groups in total. The molecule has 1 nitrogen and oxygen atoms in total.